The summed E-state index contributed by atoms with van der Waals surface area (Å²) in [4.78, 5) is 11.3. The van der Waals surface area contributed by atoms with Crippen LogP contribution in [0.5, 0.6) is 0 Å². The van der Waals surface area contributed by atoms with E-state index < -0.39 is 0 Å². The van der Waals surface area contributed by atoms with Crippen molar-refractivity contribution in [1.29, 1.82) is 0 Å². The number of aldehydes is 1. The molecule has 104 valence electrons. The Balaban J connectivity index is 2.27. The van der Waals surface area contributed by atoms with Crippen LogP contribution in [0.3, 0.4) is 0 Å². The van der Waals surface area contributed by atoms with E-state index in [2.05, 4.69) is 10.3 Å². The predicted octanol–water partition coefficient (Wildman–Crippen LogP) is 3.36. The van der Waals surface area contributed by atoms with Crippen LogP contribution in [0.15, 0.2) is 48.5 Å². The first kappa shape index (κ1) is 13.2. The molecule has 0 aliphatic rings. The molecule has 4 nitrogen and oxygen atoms in total. The zero-order chi connectivity index (χ0) is 14.8. The van der Waals surface area contributed by atoms with Gasteiger partial charge >= 0.3 is 0 Å². The molecule has 0 radical (unpaired) electrons. The molecule has 0 aliphatic carbocycles. The van der Waals surface area contributed by atoms with Gasteiger partial charge in [-0.15, -0.1) is 5.10 Å². The summed E-state index contributed by atoms with van der Waals surface area (Å²) in [5.41, 5.74) is 5.16. The molecule has 0 unspecified atom stereocenters. The van der Waals surface area contributed by atoms with Crippen LogP contribution in [-0.4, -0.2) is 21.3 Å². The number of nitrogens with zero attached hydrogens (tertiary/aromatic N) is 3. The van der Waals surface area contributed by atoms with Crippen LogP contribution in [0.2, 0.25) is 0 Å². The molecule has 1 heterocycles. The molecule has 3 aromatic rings. The maximum absolute atomic E-state index is 11.3. The summed E-state index contributed by atoms with van der Waals surface area (Å²) < 4.78 is 1.72. The summed E-state index contributed by atoms with van der Waals surface area (Å²) in [7, 11) is 0. The van der Waals surface area contributed by atoms with E-state index in [9.17, 15) is 4.79 Å². The summed E-state index contributed by atoms with van der Waals surface area (Å²) in [6, 6.07) is 15.9. The minimum absolute atomic E-state index is 0.353. The van der Waals surface area contributed by atoms with Crippen molar-refractivity contribution in [1.82, 2.24) is 15.0 Å². The first-order valence-electron chi connectivity index (χ1n) is 6.74. The van der Waals surface area contributed by atoms with Crippen molar-refractivity contribution in [2.24, 2.45) is 0 Å². The summed E-state index contributed by atoms with van der Waals surface area (Å²) in [5, 5.41) is 8.15. The van der Waals surface area contributed by atoms with E-state index >= 15 is 0 Å². The molecule has 0 aliphatic heterocycles. The number of aromatic nitrogens is 3. The predicted molar refractivity (Wildman–Crippen MR) is 81.7 cm³/mol. The fourth-order valence-electron chi connectivity index (χ4n) is 2.40. The second-order valence-electron chi connectivity index (χ2n) is 5.01. The topological polar surface area (TPSA) is 47.8 Å². The quantitative estimate of drug-likeness (QED) is 0.690. The molecule has 3 rings (SSSR count). The highest BCUT2D eigenvalue weighted by molar-refractivity contribution is 5.84. The standard InChI is InChI=1S/C17H15N3O/c1-12-6-5-8-14(10-12)20-17(16(11-21)18-19-20)15-9-4-3-7-13(15)2/h3-11H,1-2H3. The van der Waals surface area contributed by atoms with Gasteiger partial charge in [-0.3, -0.25) is 4.79 Å². The van der Waals surface area contributed by atoms with Crippen molar-refractivity contribution >= 4 is 6.29 Å². The van der Waals surface area contributed by atoms with Crippen LogP contribution >= 0.6 is 0 Å². The lowest BCUT2D eigenvalue weighted by Crippen LogP contribution is -2.01. The summed E-state index contributed by atoms with van der Waals surface area (Å²) >= 11 is 0. The largest absolute Gasteiger partial charge is 0.296 e. The van der Waals surface area contributed by atoms with E-state index in [1.807, 2.05) is 62.4 Å². The third-order valence-corrected chi connectivity index (χ3v) is 3.45. The normalized spacial score (nSPS) is 10.6. The van der Waals surface area contributed by atoms with E-state index in [1.54, 1.807) is 4.68 Å². The molecule has 2 aromatic carbocycles. The Labute approximate surface area is 123 Å². The van der Waals surface area contributed by atoms with E-state index in [4.69, 9.17) is 0 Å². The first-order chi connectivity index (χ1) is 10.2. The van der Waals surface area contributed by atoms with Crippen LogP contribution < -0.4 is 0 Å². The molecular formula is C17H15N3O. The second-order valence-corrected chi connectivity index (χ2v) is 5.01. The van der Waals surface area contributed by atoms with Gasteiger partial charge in [0, 0.05) is 5.56 Å². The van der Waals surface area contributed by atoms with E-state index in [0.717, 1.165) is 34.4 Å². The molecule has 21 heavy (non-hydrogen) atoms. The fourth-order valence-corrected chi connectivity index (χ4v) is 2.40. The lowest BCUT2D eigenvalue weighted by molar-refractivity contribution is 0.111. The molecule has 0 fully saturated rings. The van der Waals surface area contributed by atoms with E-state index in [-0.39, 0.29) is 0 Å². The maximum atomic E-state index is 11.3. The van der Waals surface area contributed by atoms with Gasteiger partial charge < -0.3 is 0 Å². The highest BCUT2D eigenvalue weighted by atomic mass is 16.1. The number of benzene rings is 2. The Kier molecular flexibility index (Phi) is 3.36. The number of carbonyl (C=O) groups is 1. The summed E-state index contributed by atoms with van der Waals surface area (Å²) in [5.74, 6) is 0. The SMILES string of the molecule is Cc1cccc(-n2nnc(C=O)c2-c2ccccc2C)c1. The summed E-state index contributed by atoms with van der Waals surface area (Å²) in [6.07, 6.45) is 0.751. The molecule has 0 saturated heterocycles. The van der Waals surface area contributed by atoms with Crippen molar-refractivity contribution in [3.63, 3.8) is 0 Å². The number of rotatable bonds is 3. The lowest BCUT2D eigenvalue weighted by atomic mass is 10.0. The van der Waals surface area contributed by atoms with Crippen molar-refractivity contribution < 1.29 is 4.79 Å². The molecule has 0 amide bonds. The Bertz CT molecular complexity index is 805. The number of hydrogen-bond donors (Lipinski definition) is 0. The van der Waals surface area contributed by atoms with Crippen molar-refractivity contribution in [2.45, 2.75) is 13.8 Å². The molecule has 0 spiro atoms. The average molecular weight is 277 g/mol. The van der Waals surface area contributed by atoms with Crippen molar-refractivity contribution in [3.8, 4) is 16.9 Å². The smallest absolute Gasteiger partial charge is 0.172 e. The number of hydrogen-bond acceptors (Lipinski definition) is 3. The molecular weight excluding hydrogens is 262 g/mol. The van der Waals surface area contributed by atoms with Crippen LogP contribution in [0.4, 0.5) is 0 Å². The van der Waals surface area contributed by atoms with Gasteiger partial charge in [-0.1, -0.05) is 41.6 Å². The fraction of sp³-hybridized carbons (Fsp3) is 0.118. The Morgan fingerprint density at radius 2 is 1.86 bits per heavy atom. The van der Waals surface area contributed by atoms with Crippen molar-refractivity contribution in [2.75, 3.05) is 0 Å². The molecule has 0 atom stereocenters. The third-order valence-electron chi connectivity index (χ3n) is 3.45. The highest BCUT2D eigenvalue weighted by Gasteiger charge is 2.17. The zero-order valence-electron chi connectivity index (χ0n) is 11.9. The number of aryl methyl sites for hydroxylation is 2. The van der Waals surface area contributed by atoms with Gasteiger partial charge in [0.2, 0.25) is 0 Å². The van der Waals surface area contributed by atoms with Gasteiger partial charge in [0.15, 0.2) is 12.0 Å². The molecule has 4 heteroatoms. The van der Waals surface area contributed by atoms with Crippen LogP contribution in [0, 0.1) is 13.8 Å². The van der Waals surface area contributed by atoms with Gasteiger partial charge in [0.1, 0.15) is 5.69 Å². The van der Waals surface area contributed by atoms with Gasteiger partial charge in [-0.25, -0.2) is 4.68 Å². The minimum atomic E-state index is 0.353. The molecule has 1 aromatic heterocycles. The Hall–Kier alpha value is -2.75. The second kappa shape index (κ2) is 5.32. The zero-order valence-corrected chi connectivity index (χ0v) is 11.9. The van der Waals surface area contributed by atoms with Crippen molar-refractivity contribution in [3.05, 3.63) is 65.4 Å². The van der Waals surface area contributed by atoms with Crippen LogP contribution in [0.1, 0.15) is 21.6 Å². The van der Waals surface area contributed by atoms with Crippen LogP contribution in [-0.2, 0) is 0 Å². The third kappa shape index (κ3) is 2.36. The van der Waals surface area contributed by atoms with E-state index in [0.29, 0.717) is 5.69 Å². The van der Waals surface area contributed by atoms with Gasteiger partial charge in [-0.05, 0) is 37.1 Å². The Morgan fingerprint density at radius 3 is 2.57 bits per heavy atom. The summed E-state index contributed by atoms with van der Waals surface area (Å²) in [6.45, 7) is 4.03. The minimum Gasteiger partial charge on any atom is -0.296 e. The van der Waals surface area contributed by atoms with Crippen LogP contribution in [0.25, 0.3) is 16.9 Å². The van der Waals surface area contributed by atoms with Gasteiger partial charge in [0.25, 0.3) is 0 Å². The highest BCUT2D eigenvalue weighted by Crippen LogP contribution is 2.27. The average Bonchev–Trinajstić information content (AvgIpc) is 2.91. The molecule has 0 saturated carbocycles. The first-order valence-corrected chi connectivity index (χ1v) is 6.74. The van der Waals surface area contributed by atoms with E-state index in [1.165, 1.54) is 0 Å². The maximum Gasteiger partial charge on any atom is 0.172 e. The Morgan fingerprint density at radius 1 is 1.05 bits per heavy atom. The molecule has 0 bridgehead atoms. The van der Waals surface area contributed by atoms with Gasteiger partial charge in [0.05, 0.1) is 5.69 Å². The monoisotopic (exact) mass is 277 g/mol. The molecule has 0 N–H and O–H groups in total. The lowest BCUT2D eigenvalue weighted by Gasteiger charge is -2.10. The van der Waals surface area contributed by atoms with Gasteiger partial charge in [-0.2, -0.15) is 0 Å². The number of carbonyl (C=O) groups excluding carboxylic acids is 1.